The number of nitro groups is 1. The molecule has 0 unspecified atom stereocenters. The van der Waals surface area contributed by atoms with E-state index < -0.39 is 42.7 Å². The zero-order valence-electron chi connectivity index (χ0n) is 10.7. The van der Waals surface area contributed by atoms with E-state index in [1.807, 2.05) is 4.72 Å². The Morgan fingerprint density at radius 3 is 2.35 bits per heavy atom. The molecular weight excluding hydrogens is 296 g/mol. The maximum atomic E-state index is 13.5. The van der Waals surface area contributed by atoms with Crippen molar-refractivity contribution >= 4 is 15.7 Å². The van der Waals surface area contributed by atoms with Gasteiger partial charge in [0.15, 0.2) is 0 Å². The number of nitrogens with zero attached hydrogens (tertiary/aromatic N) is 1. The third kappa shape index (κ3) is 3.92. The van der Waals surface area contributed by atoms with Crippen LogP contribution in [-0.2, 0) is 10.0 Å². The summed E-state index contributed by atoms with van der Waals surface area (Å²) in [5.41, 5.74) is 3.54. The van der Waals surface area contributed by atoms with Crippen LogP contribution < -0.4 is 10.5 Å². The van der Waals surface area contributed by atoms with Crippen LogP contribution >= 0.6 is 0 Å². The van der Waals surface area contributed by atoms with Gasteiger partial charge < -0.3 is 5.73 Å². The van der Waals surface area contributed by atoms with Gasteiger partial charge in [0.05, 0.1) is 4.92 Å². The molecule has 0 heterocycles. The maximum absolute atomic E-state index is 13.5. The number of hydrogen-bond donors (Lipinski definition) is 2. The number of benzene rings is 1. The second-order valence-corrected chi connectivity index (χ2v) is 6.54. The van der Waals surface area contributed by atoms with E-state index in [-0.39, 0.29) is 12.6 Å². The predicted octanol–water partition coefficient (Wildman–Crippen LogP) is 0.889. The molecule has 0 saturated carbocycles. The van der Waals surface area contributed by atoms with E-state index in [9.17, 15) is 27.3 Å². The molecule has 0 aliphatic rings. The van der Waals surface area contributed by atoms with Crippen LogP contribution in [-0.4, -0.2) is 25.4 Å². The number of rotatable bonds is 5. The highest BCUT2D eigenvalue weighted by molar-refractivity contribution is 7.89. The first kappa shape index (κ1) is 16.4. The van der Waals surface area contributed by atoms with E-state index in [0.717, 1.165) is 0 Å². The number of nitrogens with one attached hydrogen (secondary N) is 1. The fourth-order valence-corrected chi connectivity index (χ4v) is 2.52. The van der Waals surface area contributed by atoms with Crippen molar-refractivity contribution in [3.05, 3.63) is 33.9 Å². The van der Waals surface area contributed by atoms with Crippen molar-refractivity contribution in [1.29, 1.82) is 0 Å². The van der Waals surface area contributed by atoms with Crippen molar-refractivity contribution in [2.45, 2.75) is 24.3 Å². The number of halogens is 2. The van der Waals surface area contributed by atoms with Gasteiger partial charge in [0, 0.05) is 24.2 Å². The van der Waals surface area contributed by atoms with Crippen molar-refractivity contribution in [3.8, 4) is 0 Å². The Morgan fingerprint density at radius 2 is 1.90 bits per heavy atom. The number of nitrogens with two attached hydrogens (primary N) is 1. The molecule has 112 valence electrons. The lowest BCUT2D eigenvalue weighted by Crippen LogP contribution is -2.45. The van der Waals surface area contributed by atoms with Crippen LogP contribution in [0.4, 0.5) is 14.5 Å². The molecule has 0 bridgehead atoms. The lowest BCUT2D eigenvalue weighted by atomic mass is 10.1. The average Bonchev–Trinajstić information content (AvgIpc) is 2.24. The van der Waals surface area contributed by atoms with Crippen LogP contribution in [0.1, 0.15) is 13.8 Å². The first-order valence-corrected chi connectivity index (χ1v) is 6.84. The topological polar surface area (TPSA) is 115 Å². The highest BCUT2D eigenvalue weighted by Crippen LogP contribution is 2.24. The van der Waals surface area contributed by atoms with Crippen molar-refractivity contribution in [3.63, 3.8) is 0 Å². The monoisotopic (exact) mass is 309 g/mol. The summed E-state index contributed by atoms with van der Waals surface area (Å²) in [6.45, 7) is 2.83. The van der Waals surface area contributed by atoms with Crippen LogP contribution in [0.5, 0.6) is 0 Å². The fourth-order valence-electron chi connectivity index (χ4n) is 1.22. The molecule has 0 atom stereocenters. The summed E-state index contributed by atoms with van der Waals surface area (Å²) in [7, 11) is -4.37. The van der Waals surface area contributed by atoms with Crippen LogP contribution in [0.3, 0.4) is 0 Å². The van der Waals surface area contributed by atoms with Crippen LogP contribution in [0, 0.1) is 21.7 Å². The highest BCUT2D eigenvalue weighted by Gasteiger charge is 2.27. The Labute approximate surface area is 114 Å². The van der Waals surface area contributed by atoms with Gasteiger partial charge in [-0.3, -0.25) is 10.1 Å². The lowest BCUT2D eigenvalue weighted by molar-refractivity contribution is -0.387. The van der Waals surface area contributed by atoms with Gasteiger partial charge in [-0.05, 0) is 13.8 Å². The van der Waals surface area contributed by atoms with E-state index in [0.29, 0.717) is 6.07 Å². The Morgan fingerprint density at radius 1 is 1.35 bits per heavy atom. The van der Waals surface area contributed by atoms with Crippen molar-refractivity contribution in [1.82, 2.24) is 4.72 Å². The first-order valence-electron chi connectivity index (χ1n) is 5.36. The molecule has 0 aromatic heterocycles. The smallest absolute Gasteiger partial charge is 0.306 e. The molecule has 0 aliphatic heterocycles. The molecule has 20 heavy (non-hydrogen) atoms. The third-order valence-electron chi connectivity index (χ3n) is 2.21. The minimum atomic E-state index is -4.37. The summed E-state index contributed by atoms with van der Waals surface area (Å²) in [5, 5.41) is 10.5. The van der Waals surface area contributed by atoms with Crippen molar-refractivity contribution < 1.29 is 22.1 Å². The van der Waals surface area contributed by atoms with Gasteiger partial charge in [0.1, 0.15) is 10.7 Å². The minimum absolute atomic E-state index is 0.153. The highest BCUT2D eigenvalue weighted by atomic mass is 32.2. The summed E-state index contributed by atoms with van der Waals surface area (Å²) in [5.74, 6) is -2.87. The second kappa shape index (κ2) is 5.38. The van der Waals surface area contributed by atoms with Crippen LogP contribution in [0.15, 0.2) is 17.0 Å². The van der Waals surface area contributed by atoms with Gasteiger partial charge >= 0.3 is 5.69 Å². The van der Waals surface area contributed by atoms with E-state index in [1.165, 1.54) is 13.8 Å². The SMILES string of the molecule is CC(C)(N)CNS(=O)(=O)c1cc([N+](=O)[O-])c(F)cc1F. The molecule has 7 nitrogen and oxygen atoms in total. The Kier molecular flexibility index (Phi) is 4.42. The largest absolute Gasteiger partial charge is 0.324 e. The number of hydrogen-bond acceptors (Lipinski definition) is 5. The lowest BCUT2D eigenvalue weighted by Gasteiger charge is -2.19. The summed E-state index contributed by atoms with van der Waals surface area (Å²) < 4.78 is 52.3. The fraction of sp³-hybridized carbons (Fsp3) is 0.400. The van der Waals surface area contributed by atoms with E-state index in [4.69, 9.17) is 5.73 Å². The van der Waals surface area contributed by atoms with Gasteiger partial charge in [0.25, 0.3) is 0 Å². The predicted molar refractivity (Wildman–Crippen MR) is 66.5 cm³/mol. The molecule has 10 heteroatoms. The molecule has 3 N–H and O–H groups in total. The molecular formula is C10H13F2N3O4S. The van der Waals surface area contributed by atoms with Crippen LogP contribution in [0.25, 0.3) is 0 Å². The molecule has 0 aliphatic carbocycles. The average molecular weight is 309 g/mol. The number of sulfonamides is 1. The number of nitro benzene ring substituents is 1. The Bertz CT molecular complexity index is 641. The van der Waals surface area contributed by atoms with Crippen molar-refractivity contribution in [2.75, 3.05) is 6.54 Å². The normalized spacial score (nSPS) is 12.4. The molecule has 0 fully saturated rings. The van der Waals surface area contributed by atoms with E-state index >= 15 is 0 Å². The maximum Gasteiger partial charge on any atom is 0.306 e. The molecule has 1 rings (SSSR count). The Balaban J connectivity index is 3.25. The standard InChI is InChI=1S/C10H13F2N3O4S/c1-10(2,13)5-14-20(18,19)9-4-8(15(16)17)6(11)3-7(9)12/h3-4,14H,5,13H2,1-2H3. The van der Waals surface area contributed by atoms with E-state index in [1.54, 1.807) is 0 Å². The molecule has 0 amide bonds. The summed E-state index contributed by atoms with van der Waals surface area (Å²) in [6, 6.07) is 0.483. The molecule has 0 saturated heterocycles. The van der Waals surface area contributed by atoms with Crippen LogP contribution in [0.2, 0.25) is 0 Å². The first-order chi connectivity index (χ1) is 8.94. The third-order valence-corrected chi connectivity index (χ3v) is 3.62. The molecule has 0 spiro atoms. The zero-order chi connectivity index (χ0) is 15.7. The summed E-state index contributed by atoms with van der Waals surface area (Å²) >= 11 is 0. The Hall–Kier alpha value is -1.65. The summed E-state index contributed by atoms with van der Waals surface area (Å²) in [6.07, 6.45) is 0. The second-order valence-electron chi connectivity index (χ2n) is 4.80. The summed E-state index contributed by atoms with van der Waals surface area (Å²) in [4.78, 5) is 8.39. The molecule has 0 radical (unpaired) electrons. The van der Waals surface area contributed by atoms with Gasteiger partial charge in [-0.2, -0.15) is 4.39 Å². The quantitative estimate of drug-likeness (QED) is 0.619. The molecule has 1 aromatic rings. The minimum Gasteiger partial charge on any atom is -0.324 e. The van der Waals surface area contributed by atoms with Gasteiger partial charge in [0.2, 0.25) is 15.8 Å². The van der Waals surface area contributed by atoms with Gasteiger partial charge in [-0.15, -0.1) is 0 Å². The van der Waals surface area contributed by atoms with Crippen molar-refractivity contribution in [2.24, 2.45) is 5.73 Å². The van der Waals surface area contributed by atoms with Gasteiger partial charge in [-0.25, -0.2) is 17.5 Å². The van der Waals surface area contributed by atoms with Gasteiger partial charge in [-0.1, -0.05) is 0 Å². The zero-order valence-corrected chi connectivity index (χ0v) is 11.5. The molecule has 1 aromatic carbocycles. The van der Waals surface area contributed by atoms with E-state index in [2.05, 4.69) is 0 Å².